The van der Waals surface area contributed by atoms with E-state index in [-0.39, 0.29) is 69.0 Å². The van der Waals surface area contributed by atoms with Gasteiger partial charge in [0.25, 0.3) is 0 Å². The molecule has 0 atom stereocenters. The molecule has 1 aliphatic carbocycles. The highest BCUT2D eigenvalue weighted by atomic mass is 35.5. The van der Waals surface area contributed by atoms with Crippen LogP contribution in [0.15, 0.2) is 117 Å². The molecule has 11 aromatic rings. The number of methoxy groups -OCH3 is 2. The van der Waals surface area contributed by atoms with Crippen LogP contribution in [-0.4, -0.2) is 85.0 Å². The molecule has 18 nitrogen and oxygen atoms in total. The van der Waals surface area contributed by atoms with Gasteiger partial charge in [-0.25, -0.2) is 15.0 Å². The molecule has 1 fully saturated rings. The van der Waals surface area contributed by atoms with Crippen molar-refractivity contribution in [1.29, 1.82) is 0 Å². The van der Waals surface area contributed by atoms with Crippen molar-refractivity contribution in [2.24, 2.45) is 0 Å². The number of thiazole rings is 3. The number of halogens is 4. The fourth-order valence-electron chi connectivity index (χ4n) is 11.3. The Morgan fingerprint density at radius 1 is 0.444 bits per heavy atom. The number of aryl methyl sites for hydroxylation is 1. The number of hydrogen-bond donors (Lipinski definition) is 1. The second kappa shape index (κ2) is 48.3. The topological polar surface area (TPSA) is 234 Å². The van der Waals surface area contributed by atoms with E-state index in [0.29, 0.717) is 42.8 Å². The maximum absolute atomic E-state index is 11.9. The van der Waals surface area contributed by atoms with Gasteiger partial charge in [0.05, 0.1) is 84.9 Å². The molecule has 0 amide bonds. The first-order chi connectivity index (χ1) is 56.7. The summed E-state index contributed by atoms with van der Waals surface area (Å²) in [4.78, 5) is 15.6. The molecule has 0 spiro atoms. The Balaban J connectivity index is 0.000000361. The van der Waals surface area contributed by atoms with Crippen molar-refractivity contribution >= 4 is 55.8 Å². The largest absolute Gasteiger partial charge is 0.436 e. The van der Waals surface area contributed by atoms with E-state index >= 15 is 0 Å². The molecule has 12 rings (SSSR count). The van der Waals surface area contributed by atoms with Crippen molar-refractivity contribution < 1.29 is 54.9 Å². The Kier molecular flexibility index (Phi) is 43.2. The third-order valence-corrected chi connectivity index (χ3v) is 24.4. The van der Waals surface area contributed by atoms with E-state index < -0.39 is 11.9 Å². The quantitative estimate of drug-likeness (QED) is 0.0892. The van der Waals surface area contributed by atoms with E-state index in [4.69, 9.17) is 58.8 Å². The molecule has 9 aromatic heterocycles. The molecule has 694 valence electrons. The highest BCUT2D eigenvalue weighted by Crippen LogP contribution is 2.40. The predicted molar refractivity (Wildman–Crippen MR) is 508 cm³/mol. The minimum absolute atomic E-state index is 0. The Labute approximate surface area is 758 Å². The highest BCUT2D eigenvalue weighted by Gasteiger charge is 2.36. The minimum Gasteiger partial charge on any atom is -0.395 e. The van der Waals surface area contributed by atoms with E-state index in [9.17, 15) is 13.2 Å². The second-order valence-electron chi connectivity index (χ2n) is 40.6. The predicted octanol–water partition coefficient (Wildman–Crippen LogP) is 30.6. The van der Waals surface area contributed by atoms with Gasteiger partial charge < -0.3 is 41.7 Å². The smallest absolute Gasteiger partial charge is 0.395 e. The molecule has 9 heterocycles. The second-order valence-corrected chi connectivity index (χ2v) is 44.0. The average Bonchev–Trinajstić information content (AvgIpc) is 1.66. The number of nitrogens with zero attached hydrogens (tertiary/aromatic N) is 9. The van der Waals surface area contributed by atoms with Gasteiger partial charge in [-0.15, -0.1) is 34.0 Å². The number of hydrogen-bond acceptors (Lipinski definition) is 21. The molecule has 1 N–H and O–H groups in total. The van der Waals surface area contributed by atoms with Crippen molar-refractivity contribution in [2.45, 2.75) is 372 Å². The number of alkyl halides is 3. The molecule has 1 aliphatic rings. The van der Waals surface area contributed by atoms with Crippen LogP contribution < -0.4 is 0 Å². The summed E-state index contributed by atoms with van der Waals surface area (Å²) < 4.78 is 78.0. The molecular formula is C99H153ClF3N9O9S3. The third-order valence-electron chi connectivity index (χ3n) is 19.8. The lowest BCUT2D eigenvalue weighted by Gasteiger charge is -2.20. The number of aliphatic hydroxyl groups excluding tert-OH is 1. The number of aliphatic hydroxyl groups is 1. The summed E-state index contributed by atoms with van der Waals surface area (Å²) in [7, 11) is 3.40. The van der Waals surface area contributed by atoms with Crippen molar-refractivity contribution in [2.75, 3.05) is 34.0 Å². The van der Waals surface area contributed by atoms with Crippen molar-refractivity contribution in [3.8, 4) is 11.3 Å². The first-order valence-electron chi connectivity index (χ1n) is 43.3. The van der Waals surface area contributed by atoms with Crippen LogP contribution in [-0.2, 0) is 65.4 Å². The van der Waals surface area contributed by atoms with Gasteiger partial charge in [0, 0.05) is 144 Å². The highest BCUT2D eigenvalue weighted by molar-refractivity contribution is 7.18. The third kappa shape index (κ3) is 35.8. The molecule has 2 aromatic carbocycles. The molecule has 0 radical (unpaired) electrons. The van der Waals surface area contributed by atoms with Crippen LogP contribution in [0.25, 0.3) is 21.5 Å². The Morgan fingerprint density at radius 3 is 1.23 bits per heavy atom. The first kappa shape index (κ1) is 111. The van der Waals surface area contributed by atoms with Gasteiger partial charge in [-0.05, 0) is 49.3 Å². The normalized spacial score (nSPS) is 13.1. The van der Waals surface area contributed by atoms with Gasteiger partial charge in [0.2, 0.25) is 0 Å². The lowest BCUT2D eigenvalue weighted by molar-refractivity contribution is -0.142. The lowest BCUT2D eigenvalue weighted by atomic mass is 9.87. The summed E-state index contributed by atoms with van der Waals surface area (Å²) in [6.45, 7) is 72.9. The molecule has 0 unspecified atom stereocenters. The maximum Gasteiger partial charge on any atom is 0.436 e. The number of benzene rings is 2. The van der Waals surface area contributed by atoms with Gasteiger partial charge >= 0.3 is 6.18 Å². The summed E-state index contributed by atoms with van der Waals surface area (Å²) in [5.41, 5.74) is 8.82. The molecule has 0 bridgehead atoms. The van der Waals surface area contributed by atoms with Gasteiger partial charge in [-0.1, -0.05) is 335 Å². The summed E-state index contributed by atoms with van der Waals surface area (Å²) in [5.74, 6) is 7.58. The Bertz CT molecular complexity index is 4620. The van der Waals surface area contributed by atoms with Crippen molar-refractivity contribution in [1.82, 2.24) is 45.9 Å². The maximum atomic E-state index is 11.9. The average molecular weight is 1800 g/mol. The van der Waals surface area contributed by atoms with Gasteiger partial charge in [0.15, 0.2) is 5.69 Å². The van der Waals surface area contributed by atoms with E-state index in [0.717, 1.165) is 91.2 Å². The van der Waals surface area contributed by atoms with Crippen LogP contribution >= 0.6 is 45.6 Å². The van der Waals surface area contributed by atoms with E-state index in [1.165, 1.54) is 68.6 Å². The summed E-state index contributed by atoms with van der Waals surface area (Å²) >= 11 is 11.3. The molecular weight excluding hydrogens is 1650 g/mol. The summed E-state index contributed by atoms with van der Waals surface area (Å²) in [5, 5.41) is 38.8. The Morgan fingerprint density at radius 2 is 0.863 bits per heavy atom. The van der Waals surface area contributed by atoms with Gasteiger partial charge in [-0.2, -0.15) is 13.2 Å². The number of fused-ring (bicyclic) bond motifs is 1. The molecule has 124 heavy (non-hydrogen) atoms. The van der Waals surface area contributed by atoms with Crippen LogP contribution in [0.4, 0.5) is 13.2 Å². The lowest BCUT2D eigenvalue weighted by Crippen LogP contribution is -2.23. The fourth-order valence-corrected chi connectivity index (χ4v) is 14.5. The zero-order chi connectivity index (χ0) is 93.4. The zero-order valence-electron chi connectivity index (χ0n) is 81.0. The van der Waals surface area contributed by atoms with Gasteiger partial charge in [-0.3, -0.25) is 0 Å². The fraction of sp³-hybridized carbons (Fsp3) is 0.626. The minimum atomic E-state index is -4.41. The molecule has 0 aliphatic heterocycles. The van der Waals surface area contributed by atoms with Crippen LogP contribution in [0.5, 0.6) is 0 Å². The van der Waals surface area contributed by atoms with Crippen LogP contribution in [0.2, 0.25) is 5.02 Å². The van der Waals surface area contributed by atoms with Gasteiger partial charge in [0.1, 0.15) is 34.6 Å². The summed E-state index contributed by atoms with van der Waals surface area (Å²) in [6.07, 6.45) is 3.57. The molecule has 1 saturated carbocycles. The van der Waals surface area contributed by atoms with E-state index in [2.05, 4.69) is 278 Å². The number of rotatable bonds is 17. The standard InChI is InChI=1S/C15H19NS.C13H21NS.C11H12ClNS.2C11H19NO2.C10H17NO2.2C10H17NO.C7H8F3NO.CH4/c1-5-12-13(11-9-7-6-8-10-11)16-14(17-12)15(2,3)4;1-13(2,3)12-14-11(9-15-12)10-7-5-4-6-8-10;1-11(2,3)10-13-8-6-7(12)4-5-9(8)14-10;1-8(2)9-6-10(12-14-9)11(3,4)7-13-5;1-8(2)9-6-10(14-12-9)11(3,4)7-13-5;1-7(2)8-5-9(11-13-8)10(3,4)6-12;1-7(2)8-6-9(11-12-8)10(3,4)5;1-7(2)8-6-9(12-11-8)10(3,4)5;1-4(2)5-3-6(11-12-5)7(8,9)10;/h6-10H,5H2,1-4H3;9-10H,4-8H2,1-3H3;4-6H,1-3H3;2*6,8H,7H2,1-5H3;5,7,12H,6H2,1-4H3;2*6-7H,1-5H3;3-4H,1-2H3;1H4. The van der Waals surface area contributed by atoms with Crippen LogP contribution in [0.1, 0.15) is 411 Å². The molecule has 0 saturated heterocycles. The number of ether oxygens (including phenoxy) is 2. The van der Waals surface area contributed by atoms with Crippen molar-refractivity contribution in [3.63, 3.8) is 0 Å². The SMILES string of the molecule is C.CC(C)(C)c1nc(C2CCCCC2)cs1.CC(C)(C)c1nc2cc(Cl)ccc2s1.CC(C)c1cc(C(C)(C)C)no1.CC(C)c1cc(C(C)(C)C)on1.CC(C)c1cc(C(C)(C)CO)no1.CC(C)c1cc(C(F)(F)F)no1.CCc1sc(C(C)(C)C)nc1-c1ccccc1.COCC(C)(C)c1cc(C(C)C)no1.COCC(C)(C)c1cc(C(C)C)on1. The van der Waals surface area contributed by atoms with Crippen LogP contribution in [0, 0.1) is 0 Å². The zero-order valence-corrected chi connectivity index (χ0v) is 84.2. The van der Waals surface area contributed by atoms with Crippen molar-refractivity contribution in [3.05, 3.63) is 190 Å². The molecule has 25 heteroatoms. The van der Waals surface area contributed by atoms with E-state index in [1.807, 2.05) is 91.1 Å². The summed E-state index contributed by atoms with van der Waals surface area (Å²) in [6, 6.07) is 27.3. The number of aromatic nitrogens is 9. The monoisotopic (exact) mass is 1800 g/mol. The van der Waals surface area contributed by atoms with Crippen LogP contribution in [0.3, 0.4) is 0 Å². The van der Waals surface area contributed by atoms with E-state index in [1.54, 1.807) is 39.4 Å². The Hall–Kier alpha value is -7.19. The first-order valence-corrected chi connectivity index (χ1v) is 46.2.